The minimum atomic E-state index is -0.420. The molecule has 0 aliphatic rings. The van der Waals surface area contributed by atoms with Crippen LogP contribution in [0.2, 0.25) is 0 Å². The van der Waals surface area contributed by atoms with Gasteiger partial charge in [0.05, 0.1) is 0 Å². The lowest BCUT2D eigenvalue weighted by Crippen LogP contribution is -2.25. The van der Waals surface area contributed by atoms with E-state index in [1.165, 1.54) is 0 Å². The maximum atomic E-state index is 11.9. The van der Waals surface area contributed by atoms with Crippen molar-refractivity contribution in [3.05, 3.63) is 23.8 Å². The minimum Gasteiger partial charge on any atom is -0.457 e. The maximum absolute atomic E-state index is 11.9. The molecule has 0 unspecified atom stereocenters. The molecule has 0 radical (unpaired) electrons. The van der Waals surface area contributed by atoms with Gasteiger partial charge < -0.3 is 4.74 Å². The van der Waals surface area contributed by atoms with Gasteiger partial charge in [-0.15, -0.1) is 6.58 Å². The van der Waals surface area contributed by atoms with Crippen molar-refractivity contribution in [2.45, 2.75) is 59.5 Å². The summed E-state index contributed by atoms with van der Waals surface area (Å²) in [7, 11) is 0. The molecule has 0 N–H and O–H groups in total. The highest BCUT2D eigenvalue weighted by molar-refractivity contribution is 5.89. The van der Waals surface area contributed by atoms with Crippen LogP contribution < -0.4 is 0 Å². The van der Waals surface area contributed by atoms with E-state index in [-0.39, 0.29) is 5.97 Å². The molecule has 0 aliphatic carbocycles. The van der Waals surface area contributed by atoms with Gasteiger partial charge in [-0.1, -0.05) is 11.6 Å². The second-order valence-corrected chi connectivity index (χ2v) is 5.16. The summed E-state index contributed by atoms with van der Waals surface area (Å²) >= 11 is 0. The van der Waals surface area contributed by atoms with Crippen LogP contribution in [0.15, 0.2) is 23.8 Å². The molecule has 0 spiro atoms. The summed E-state index contributed by atoms with van der Waals surface area (Å²) in [5.74, 6) is -0.184. The number of hydrogen-bond donors (Lipinski definition) is 0. The number of carbonyl (C=O) groups is 1. The Kier molecular flexibility index (Phi) is 6.09. The van der Waals surface area contributed by atoms with Crippen LogP contribution in [0.25, 0.3) is 0 Å². The predicted molar refractivity (Wildman–Crippen MR) is 68.3 cm³/mol. The molecular weight excluding hydrogens is 200 g/mol. The highest BCUT2D eigenvalue weighted by Crippen LogP contribution is 2.18. The third-order valence-electron chi connectivity index (χ3n) is 2.08. The van der Waals surface area contributed by atoms with Crippen LogP contribution in [0.5, 0.6) is 0 Å². The standard InChI is InChI=1S/C14H24O2/c1-7-8-9-10-12(11(2)3)13(15)16-14(4,5)6/h7H,1,8-10H2,2-6H3. The van der Waals surface area contributed by atoms with E-state index in [0.717, 1.165) is 30.4 Å². The lowest BCUT2D eigenvalue weighted by Gasteiger charge is -2.21. The number of esters is 1. The first-order valence-electron chi connectivity index (χ1n) is 5.78. The Morgan fingerprint density at radius 1 is 1.31 bits per heavy atom. The Hall–Kier alpha value is -1.05. The normalized spacial score (nSPS) is 10.8. The SMILES string of the molecule is C=CCCCC(C(=O)OC(C)(C)C)=C(C)C. The molecule has 0 bridgehead atoms. The van der Waals surface area contributed by atoms with Gasteiger partial charge in [0.1, 0.15) is 5.60 Å². The van der Waals surface area contributed by atoms with Crippen molar-refractivity contribution in [1.29, 1.82) is 0 Å². The van der Waals surface area contributed by atoms with Crippen LogP contribution in [0.4, 0.5) is 0 Å². The van der Waals surface area contributed by atoms with Crippen LogP contribution in [0, 0.1) is 0 Å². The zero-order valence-electron chi connectivity index (χ0n) is 11.2. The van der Waals surface area contributed by atoms with Gasteiger partial charge in [0.25, 0.3) is 0 Å². The van der Waals surface area contributed by atoms with Crippen LogP contribution in [-0.2, 0) is 9.53 Å². The molecule has 2 nitrogen and oxygen atoms in total. The van der Waals surface area contributed by atoms with Crippen LogP contribution in [-0.4, -0.2) is 11.6 Å². The van der Waals surface area contributed by atoms with Crippen molar-refractivity contribution < 1.29 is 9.53 Å². The molecule has 0 amide bonds. The molecule has 92 valence electrons. The lowest BCUT2D eigenvalue weighted by molar-refractivity contribution is -0.150. The van der Waals surface area contributed by atoms with E-state index in [9.17, 15) is 4.79 Å². The summed E-state index contributed by atoms with van der Waals surface area (Å²) in [6.45, 7) is 13.2. The summed E-state index contributed by atoms with van der Waals surface area (Å²) in [5.41, 5.74) is 1.42. The van der Waals surface area contributed by atoms with Crippen molar-refractivity contribution in [2.24, 2.45) is 0 Å². The molecule has 2 heteroatoms. The summed E-state index contributed by atoms with van der Waals surface area (Å²) in [6, 6.07) is 0. The van der Waals surface area contributed by atoms with Gasteiger partial charge in [-0.05, 0) is 53.9 Å². The lowest BCUT2D eigenvalue weighted by atomic mass is 10.0. The number of carbonyl (C=O) groups excluding carboxylic acids is 1. The van der Waals surface area contributed by atoms with Crippen molar-refractivity contribution in [3.63, 3.8) is 0 Å². The Morgan fingerprint density at radius 2 is 1.88 bits per heavy atom. The molecule has 16 heavy (non-hydrogen) atoms. The third kappa shape index (κ3) is 6.44. The quantitative estimate of drug-likeness (QED) is 0.305. The highest BCUT2D eigenvalue weighted by atomic mass is 16.6. The topological polar surface area (TPSA) is 26.3 Å². The van der Waals surface area contributed by atoms with Gasteiger partial charge >= 0.3 is 5.97 Å². The Morgan fingerprint density at radius 3 is 2.25 bits per heavy atom. The molecule has 0 aromatic rings. The summed E-state index contributed by atoms with van der Waals surface area (Å²) in [6.07, 6.45) is 4.52. The molecule has 0 saturated heterocycles. The molecule has 0 atom stereocenters. The highest BCUT2D eigenvalue weighted by Gasteiger charge is 2.20. The fourth-order valence-electron chi connectivity index (χ4n) is 1.32. The number of allylic oxidation sites excluding steroid dienone is 2. The number of rotatable bonds is 5. The first-order chi connectivity index (χ1) is 7.28. The van der Waals surface area contributed by atoms with Crippen LogP contribution in [0.3, 0.4) is 0 Å². The Bertz CT molecular complexity index is 276. The van der Waals surface area contributed by atoms with E-state index in [0.29, 0.717) is 0 Å². The molecule has 0 rings (SSSR count). The summed E-state index contributed by atoms with van der Waals surface area (Å²) in [4.78, 5) is 11.9. The van der Waals surface area contributed by atoms with Gasteiger partial charge in [-0.2, -0.15) is 0 Å². The van der Waals surface area contributed by atoms with Gasteiger partial charge in [0.15, 0.2) is 0 Å². The molecule has 0 saturated carbocycles. The Balaban J connectivity index is 4.51. The Labute approximate surface area is 99.4 Å². The number of hydrogen-bond acceptors (Lipinski definition) is 2. The average molecular weight is 224 g/mol. The predicted octanol–water partition coefficient (Wildman–Crippen LogP) is 4.02. The molecule has 0 heterocycles. The van der Waals surface area contributed by atoms with E-state index in [1.54, 1.807) is 0 Å². The van der Waals surface area contributed by atoms with Crippen molar-refractivity contribution >= 4 is 5.97 Å². The largest absolute Gasteiger partial charge is 0.457 e. The molecule has 0 aromatic carbocycles. The zero-order valence-corrected chi connectivity index (χ0v) is 11.2. The molecular formula is C14H24O2. The summed E-state index contributed by atoms with van der Waals surface area (Å²) in [5, 5.41) is 0. The van der Waals surface area contributed by atoms with Crippen molar-refractivity contribution in [3.8, 4) is 0 Å². The number of unbranched alkanes of at least 4 members (excludes halogenated alkanes) is 1. The minimum absolute atomic E-state index is 0.184. The second kappa shape index (κ2) is 6.51. The van der Waals surface area contributed by atoms with E-state index in [1.807, 2.05) is 40.7 Å². The molecule has 0 fully saturated rings. The van der Waals surface area contributed by atoms with Gasteiger partial charge in [0.2, 0.25) is 0 Å². The third-order valence-corrected chi connectivity index (χ3v) is 2.08. The van der Waals surface area contributed by atoms with E-state index in [2.05, 4.69) is 6.58 Å². The smallest absolute Gasteiger partial charge is 0.334 e. The van der Waals surface area contributed by atoms with Crippen LogP contribution in [0.1, 0.15) is 53.9 Å². The zero-order chi connectivity index (χ0) is 12.8. The second-order valence-electron chi connectivity index (χ2n) is 5.16. The van der Waals surface area contributed by atoms with E-state index in [4.69, 9.17) is 4.74 Å². The number of ether oxygens (including phenoxy) is 1. The van der Waals surface area contributed by atoms with Crippen molar-refractivity contribution in [2.75, 3.05) is 0 Å². The molecule has 0 aromatic heterocycles. The maximum Gasteiger partial charge on any atom is 0.334 e. The monoisotopic (exact) mass is 224 g/mol. The first kappa shape index (κ1) is 14.9. The van der Waals surface area contributed by atoms with E-state index >= 15 is 0 Å². The summed E-state index contributed by atoms with van der Waals surface area (Å²) < 4.78 is 5.37. The van der Waals surface area contributed by atoms with Crippen molar-refractivity contribution in [1.82, 2.24) is 0 Å². The van der Waals surface area contributed by atoms with Crippen LogP contribution >= 0.6 is 0 Å². The van der Waals surface area contributed by atoms with E-state index < -0.39 is 5.60 Å². The average Bonchev–Trinajstić information content (AvgIpc) is 2.08. The first-order valence-corrected chi connectivity index (χ1v) is 5.78. The van der Waals surface area contributed by atoms with Gasteiger partial charge in [0, 0.05) is 5.57 Å². The fourth-order valence-corrected chi connectivity index (χ4v) is 1.32. The molecule has 0 aliphatic heterocycles. The fraction of sp³-hybridized carbons (Fsp3) is 0.643. The van der Waals surface area contributed by atoms with Gasteiger partial charge in [-0.3, -0.25) is 0 Å². The van der Waals surface area contributed by atoms with Gasteiger partial charge in [-0.25, -0.2) is 4.79 Å².